The fourth-order valence-corrected chi connectivity index (χ4v) is 5.31. The summed E-state index contributed by atoms with van der Waals surface area (Å²) in [6, 6.07) is 18.4. The van der Waals surface area contributed by atoms with Gasteiger partial charge in [-0.25, -0.2) is 0 Å². The minimum absolute atomic E-state index is 0. The van der Waals surface area contributed by atoms with Crippen LogP contribution in [0.4, 0.5) is 5.69 Å². The van der Waals surface area contributed by atoms with Crippen LogP contribution in [0.3, 0.4) is 0 Å². The van der Waals surface area contributed by atoms with Crippen LogP contribution < -0.4 is 14.4 Å². The summed E-state index contributed by atoms with van der Waals surface area (Å²) in [7, 11) is 1.71. The van der Waals surface area contributed by atoms with Gasteiger partial charge < -0.3 is 19.5 Å². The van der Waals surface area contributed by atoms with E-state index in [2.05, 4.69) is 28.1 Å². The fourth-order valence-electron chi connectivity index (χ4n) is 5.31. The minimum Gasteiger partial charge on any atom is -0.497 e. The number of rotatable bonds is 10. The lowest BCUT2D eigenvalue weighted by atomic mass is 9.91. The maximum absolute atomic E-state index is 11.4. The number of anilines is 1. The van der Waals surface area contributed by atoms with Crippen LogP contribution >= 0.6 is 13.5 Å². The molecular weight excluding hydrogens is 484 g/mol. The first-order valence-electron chi connectivity index (χ1n) is 12.9. The summed E-state index contributed by atoms with van der Waals surface area (Å²) < 4.78 is 11.7. The molecule has 1 aliphatic heterocycles. The number of carbonyl (C=O) groups is 1. The first-order valence-corrected chi connectivity index (χ1v) is 12.9. The largest absolute Gasteiger partial charge is 0.497 e. The van der Waals surface area contributed by atoms with Gasteiger partial charge >= 0.3 is 5.97 Å². The molecule has 0 radical (unpaired) electrons. The van der Waals surface area contributed by atoms with E-state index in [9.17, 15) is 9.90 Å². The van der Waals surface area contributed by atoms with E-state index in [1.165, 1.54) is 11.3 Å². The average Bonchev–Trinajstić information content (AvgIpc) is 3.76. The van der Waals surface area contributed by atoms with Crippen LogP contribution in [0.1, 0.15) is 43.6 Å². The zero-order valence-electron chi connectivity index (χ0n) is 21.3. The first kappa shape index (κ1) is 26.9. The highest BCUT2D eigenvalue weighted by Crippen LogP contribution is 2.45. The Bertz CT molecular complexity index is 1180. The smallest absolute Gasteiger partial charge is 0.303 e. The highest BCUT2D eigenvalue weighted by molar-refractivity contribution is 7.59. The van der Waals surface area contributed by atoms with Crippen molar-refractivity contribution in [3.8, 4) is 22.6 Å². The predicted molar refractivity (Wildman–Crippen MR) is 151 cm³/mol. The molecule has 6 nitrogen and oxygen atoms in total. The van der Waals surface area contributed by atoms with Crippen molar-refractivity contribution in [2.24, 2.45) is 11.8 Å². The number of pyridine rings is 1. The molecule has 0 bridgehead atoms. The lowest BCUT2D eigenvalue weighted by Crippen LogP contribution is -2.35. The van der Waals surface area contributed by atoms with Gasteiger partial charge in [-0.3, -0.25) is 9.78 Å². The molecule has 0 amide bonds. The first-order chi connectivity index (χ1) is 17.6. The number of methoxy groups -OCH3 is 1. The van der Waals surface area contributed by atoms with Crippen LogP contribution in [0, 0.1) is 11.8 Å². The second-order valence-electron chi connectivity index (χ2n) is 9.97. The van der Waals surface area contributed by atoms with Crippen molar-refractivity contribution in [1.29, 1.82) is 0 Å². The van der Waals surface area contributed by atoms with Crippen molar-refractivity contribution >= 4 is 25.2 Å². The monoisotopic (exact) mass is 520 g/mol. The van der Waals surface area contributed by atoms with Gasteiger partial charge in [-0.15, -0.1) is 0 Å². The third-order valence-electron chi connectivity index (χ3n) is 7.51. The molecule has 1 saturated heterocycles. The number of ether oxygens (including phenoxy) is 2. The van der Waals surface area contributed by atoms with Crippen molar-refractivity contribution in [3.63, 3.8) is 0 Å². The molecule has 1 atom stereocenters. The molecule has 1 saturated carbocycles. The van der Waals surface area contributed by atoms with Crippen LogP contribution in [0.5, 0.6) is 11.5 Å². The molecule has 0 spiro atoms. The average molecular weight is 521 g/mol. The summed E-state index contributed by atoms with van der Waals surface area (Å²) in [5.74, 6) is 2.05. The van der Waals surface area contributed by atoms with Crippen LogP contribution in [0.2, 0.25) is 0 Å². The SMILES string of the molecule is COc1ccc(-c2ccncc2)c(N2CCC(COc3cccc([C@@H](CC(=O)O)C4CC4)c3)CC2)c1.S. The van der Waals surface area contributed by atoms with E-state index in [1.807, 2.05) is 48.8 Å². The lowest BCUT2D eigenvalue weighted by Gasteiger charge is -2.35. The number of benzene rings is 2. The van der Waals surface area contributed by atoms with Gasteiger partial charge in [0.2, 0.25) is 0 Å². The molecule has 2 fully saturated rings. The number of aromatic nitrogens is 1. The van der Waals surface area contributed by atoms with E-state index in [-0.39, 0.29) is 25.8 Å². The molecule has 1 aromatic heterocycles. The molecular formula is C30H36N2O4S. The molecule has 2 heterocycles. The van der Waals surface area contributed by atoms with Crippen molar-refractivity contribution in [2.75, 3.05) is 31.7 Å². The van der Waals surface area contributed by atoms with Crippen molar-refractivity contribution < 1.29 is 19.4 Å². The van der Waals surface area contributed by atoms with Crippen molar-refractivity contribution in [1.82, 2.24) is 4.98 Å². The Labute approximate surface area is 226 Å². The second-order valence-corrected chi connectivity index (χ2v) is 9.97. The Morgan fingerprint density at radius 1 is 1.03 bits per heavy atom. The van der Waals surface area contributed by atoms with Crippen LogP contribution in [0.25, 0.3) is 11.1 Å². The second kappa shape index (κ2) is 12.4. The number of aliphatic carboxylic acids is 1. The van der Waals surface area contributed by atoms with E-state index in [0.29, 0.717) is 18.4 Å². The normalized spacial score (nSPS) is 16.5. The molecule has 1 aliphatic carbocycles. The van der Waals surface area contributed by atoms with Gasteiger partial charge in [-0.2, -0.15) is 13.5 Å². The zero-order valence-corrected chi connectivity index (χ0v) is 22.3. The molecule has 0 unspecified atom stereocenters. The Hall–Kier alpha value is -3.19. The summed E-state index contributed by atoms with van der Waals surface area (Å²) in [5.41, 5.74) is 4.63. The number of carboxylic acid groups (broad SMARTS) is 1. The lowest BCUT2D eigenvalue weighted by molar-refractivity contribution is -0.137. The van der Waals surface area contributed by atoms with Gasteiger partial charge in [0.1, 0.15) is 11.5 Å². The van der Waals surface area contributed by atoms with Gasteiger partial charge in [-0.05, 0) is 91.0 Å². The Morgan fingerprint density at radius 3 is 2.46 bits per heavy atom. The Morgan fingerprint density at radius 2 is 1.78 bits per heavy atom. The molecule has 1 N–H and O–H groups in total. The predicted octanol–water partition coefficient (Wildman–Crippen LogP) is 6.13. The van der Waals surface area contributed by atoms with Crippen LogP contribution in [-0.2, 0) is 4.79 Å². The van der Waals surface area contributed by atoms with E-state index in [1.54, 1.807) is 7.11 Å². The van der Waals surface area contributed by atoms with E-state index in [4.69, 9.17) is 9.47 Å². The third-order valence-corrected chi connectivity index (χ3v) is 7.51. The number of nitrogens with zero attached hydrogens (tertiary/aromatic N) is 2. The highest BCUT2D eigenvalue weighted by atomic mass is 32.1. The Kier molecular flexibility index (Phi) is 8.98. The molecule has 3 aromatic rings. The molecule has 2 aromatic carbocycles. The van der Waals surface area contributed by atoms with Gasteiger partial charge in [0.05, 0.1) is 20.1 Å². The quantitative estimate of drug-likeness (QED) is 0.347. The summed E-state index contributed by atoms with van der Waals surface area (Å²) in [4.78, 5) is 18.0. The topological polar surface area (TPSA) is 71.9 Å². The summed E-state index contributed by atoms with van der Waals surface area (Å²) in [6.07, 6.45) is 8.20. The molecule has 37 heavy (non-hydrogen) atoms. The van der Waals surface area contributed by atoms with Crippen molar-refractivity contribution in [3.05, 3.63) is 72.6 Å². The summed E-state index contributed by atoms with van der Waals surface area (Å²) in [6.45, 7) is 2.60. The number of carboxylic acids is 1. The highest BCUT2D eigenvalue weighted by Gasteiger charge is 2.34. The minimum atomic E-state index is -0.729. The van der Waals surface area contributed by atoms with Gasteiger partial charge in [0.15, 0.2) is 0 Å². The van der Waals surface area contributed by atoms with Crippen molar-refractivity contribution in [2.45, 2.75) is 38.0 Å². The standard InChI is InChI=1S/C30H34N2O4.H2S/c1-35-25-7-8-27(23-9-13-31-14-10-23)29(18-25)32-15-11-21(12-16-32)20-36-26-4-2-3-24(17-26)28(19-30(33)34)22-5-6-22;/h2-4,7-10,13-14,17-18,21-22,28H,5-6,11-12,15-16,19-20H2,1H3,(H,33,34);1H2/t28-;/m0./s1. The molecule has 196 valence electrons. The molecule has 2 aliphatic rings. The van der Waals surface area contributed by atoms with Gasteiger partial charge in [-0.1, -0.05) is 12.1 Å². The molecule has 5 rings (SSSR count). The summed E-state index contributed by atoms with van der Waals surface area (Å²) >= 11 is 0. The van der Waals surface area contributed by atoms with E-state index in [0.717, 1.165) is 61.4 Å². The van der Waals surface area contributed by atoms with Gasteiger partial charge in [0, 0.05) is 42.8 Å². The van der Waals surface area contributed by atoms with E-state index >= 15 is 0 Å². The maximum atomic E-state index is 11.4. The number of hydrogen-bond acceptors (Lipinski definition) is 5. The number of piperidine rings is 1. The maximum Gasteiger partial charge on any atom is 0.303 e. The van der Waals surface area contributed by atoms with Crippen LogP contribution in [-0.4, -0.2) is 42.9 Å². The fraction of sp³-hybridized carbons (Fsp3) is 0.400. The Balaban J connectivity index is 0.00000320. The summed E-state index contributed by atoms with van der Waals surface area (Å²) in [5, 5.41) is 9.33. The zero-order chi connectivity index (χ0) is 24.9. The van der Waals surface area contributed by atoms with Gasteiger partial charge in [0.25, 0.3) is 0 Å². The third kappa shape index (κ3) is 6.77. The number of hydrogen-bond donors (Lipinski definition) is 1. The van der Waals surface area contributed by atoms with Crippen LogP contribution in [0.15, 0.2) is 67.0 Å². The van der Waals surface area contributed by atoms with E-state index < -0.39 is 5.97 Å². The molecule has 7 heteroatoms.